The smallest absolute Gasteiger partial charge is 0.0646 e. The van der Waals surface area contributed by atoms with Crippen LogP contribution in [0.2, 0.25) is 0 Å². The second-order valence-corrected chi connectivity index (χ2v) is 12.2. The zero-order valence-corrected chi connectivity index (χ0v) is 25.2. The first-order valence-electron chi connectivity index (χ1n) is 13.5. The molecule has 2 aliphatic carbocycles. The van der Waals surface area contributed by atoms with Crippen LogP contribution in [0.5, 0.6) is 0 Å². The Morgan fingerprint density at radius 3 is 2.21 bits per heavy atom. The van der Waals surface area contributed by atoms with E-state index in [1.54, 1.807) is 0 Å². The second-order valence-electron chi connectivity index (χ2n) is 12.2. The number of nitrogens with zero attached hydrogens (tertiary/aromatic N) is 2. The summed E-state index contributed by atoms with van der Waals surface area (Å²) >= 11 is 0. The van der Waals surface area contributed by atoms with Crippen LogP contribution in [0.1, 0.15) is 53.4 Å². The molecule has 2 aromatic carbocycles. The molecular formula is C33H39IrN2O2-. The van der Waals surface area contributed by atoms with Crippen molar-refractivity contribution in [3.63, 3.8) is 0 Å². The average molecular weight is 688 g/mol. The molecule has 203 valence electrons. The third-order valence-electron chi connectivity index (χ3n) is 8.60. The van der Waals surface area contributed by atoms with Crippen LogP contribution in [0.4, 0.5) is 0 Å². The summed E-state index contributed by atoms with van der Waals surface area (Å²) in [5.41, 5.74) is 4.12. The molecule has 4 unspecified atom stereocenters. The standard InChI is InChI=1S/C19H13N2.C14H26O2.Ir/c1-2-9-16(10-3-1)21-18-12-5-4-8-15(18)14-19(21)17-11-6-7-13-20-17;1-13(2)7-5-6-9-8-14(3,4)12(16)10(9)11(13)15;/h1-13H;9-12,15-16H,5-8H2,1-4H3;/q-1;;. The topological polar surface area (TPSA) is 58.3 Å². The van der Waals surface area contributed by atoms with E-state index in [-0.39, 0.29) is 49.1 Å². The predicted molar refractivity (Wildman–Crippen MR) is 150 cm³/mol. The molecule has 0 bridgehead atoms. The van der Waals surface area contributed by atoms with E-state index in [1.165, 1.54) is 12.8 Å². The van der Waals surface area contributed by atoms with Gasteiger partial charge >= 0.3 is 0 Å². The van der Waals surface area contributed by atoms with Crippen molar-refractivity contribution < 1.29 is 30.3 Å². The zero-order chi connectivity index (χ0) is 26.2. The molecule has 2 fully saturated rings. The summed E-state index contributed by atoms with van der Waals surface area (Å²) in [6, 6.07) is 28.1. The van der Waals surface area contributed by atoms with Crippen LogP contribution < -0.4 is 0 Å². The molecule has 4 atom stereocenters. The molecule has 2 aliphatic rings. The first-order valence-corrected chi connectivity index (χ1v) is 13.5. The number of hydrogen-bond donors (Lipinski definition) is 2. The summed E-state index contributed by atoms with van der Waals surface area (Å²) in [7, 11) is 0. The molecule has 6 rings (SSSR count). The summed E-state index contributed by atoms with van der Waals surface area (Å²) < 4.78 is 2.21. The SMILES string of the molecule is CC1(C)CCCC2CC(C)(C)C(O)C2C1O.[Ir].[c-]1c(-c2ccccn2)n(-c2ccccc2)c2ccccc12. The van der Waals surface area contributed by atoms with Gasteiger partial charge in [0.15, 0.2) is 0 Å². The second kappa shape index (κ2) is 11.4. The van der Waals surface area contributed by atoms with E-state index in [4.69, 9.17) is 0 Å². The largest absolute Gasteiger partial charge is 0.392 e. The monoisotopic (exact) mass is 688 g/mol. The van der Waals surface area contributed by atoms with E-state index in [2.05, 4.69) is 73.6 Å². The molecule has 0 aliphatic heterocycles. The Morgan fingerprint density at radius 1 is 0.842 bits per heavy atom. The van der Waals surface area contributed by atoms with Gasteiger partial charge in [-0.15, -0.1) is 23.6 Å². The van der Waals surface area contributed by atoms with Crippen LogP contribution in [-0.2, 0) is 20.1 Å². The van der Waals surface area contributed by atoms with Crippen molar-refractivity contribution in [3.05, 3.63) is 85.1 Å². The fraction of sp³-hybridized carbons (Fsp3) is 0.424. The van der Waals surface area contributed by atoms with Gasteiger partial charge in [-0.3, -0.25) is 0 Å². The average Bonchev–Trinajstić information content (AvgIpc) is 3.35. The molecule has 2 N–H and O–H groups in total. The number of para-hydroxylation sites is 2. The van der Waals surface area contributed by atoms with Gasteiger partial charge in [-0.25, -0.2) is 0 Å². The van der Waals surface area contributed by atoms with Crippen LogP contribution in [0.25, 0.3) is 28.0 Å². The number of pyridine rings is 1. The van der Waals surface area contributed by atoms with Crippen molar-refractivity contribution in [1.29, 1.82) is 0 Å². The van der Waals surface area contributed by atoms with Crippen molar-refractivity contribution in [2.75, 3.05) is 0 Å². The minimum Gasteiger partial charge on any atom is -0.392 e. The summed E-state index contributed by atoms with van der Waals surface area (Å²) in [4.78, 5) is 4.48. The minimum atomic E-state index is -0.350. The van der Waals surface area contributed by atoms with Gasteiger partial charge in [-0.1, -0.05) is 76.6 Å². The predicted octanol–water partition coefficient (Wildman–Crippen LogP) is 7.07. The fourth-order valence-electron chi connectivity index (χ4n) is 6.53. The van der Waals surface area contributed by atoms with Crippen molar-refractivity contribution >= 4 is 10.9 Å². The normalized spacial score (nSPS) is 25.4. The molecule has 2 aromatic heterocycles. The molecule has 5 heteroatoms. The number of aliphatic hydroxyl groups is 2. The Balaban J connectivity index is 0.000000179. The van der Waals surface area contributed by atoms with Gasteiger partial charge in [0.1, 0.15) is 0 Å². The van der Waals surface area contributed by atoms with E-state index in [0.29, 0.717) is 5.92 Å². The molecule has 2 saturated carbocycles. The third kappa shape index (κ3) is 5.53. The van der Waals surface area contributed by atoms with E-state index >= 15 is 0 Å². The van der Waals surface area contributed by atoms with Crippen molar-refractivity contribution in [3.8, 4) is 17.1 Å². The van der Waals surface area contributed by atoms with Gasteiger partial charge < -0.3 is 19.8 Å². The molecule has 0 amide bonds. The van der Waals surface area contributed by atoms with Gasteiger partial charge in [0.2, 0.25) is 0 Å². The summed E-state index contributed by atoms with van der Waals surface area (Å²) in [6.45, 7) is 8.54. The first kappa shape index (κ1) is 28.7. The number of rotatable bonds is 2. The first-order chi connectivity index (χ1) is 17.7. The molecule has 2 heterocycles. The van der Waals surface area contributed by atoms with Crippen LogP contribution in [0.15, 0.2) is 79.0 Å². The maximum Gasteiger partial charge on any atom is 0.0646 e. The minimum absolute atomic E-state index is 0. The maximum absolute atomic E-state index is 10.5. The Hall–Kier alpha value is -2.30. The number of hydrogen-bond acceptors (Lipinski definition) is 3. The zero-order valence-electron chi connectivity index (χ0n) is 22.8. The number of aromatic nitrogens is 2. The Morgan fingerprint density at radius 2 is 1.50 bits per heavy atom. The van der Waals surface area contributed by atoms with Crippen LogP contribution >= 0.6 is 0 Å². The molecule has 4 aromatic rings. The van der Waals surface area contributed by atoms with E-state index < -0.39 is 0 Å². The molecular weight excluding hydrogens is 649 g/mol. The summed E-state index contributed by atoms with van der Waals surface area (Å²) in [6.07, 6.45) is 5.62. The van der Waals surface area contributed by atoms with Crippen molar-refractivity contribution in [2.24, 2.45) is 22.7 Å². The maximum atomic E-state index is 10.5. The Bertz CT molecular complexity index is 1330. The molecule has 1 radical (unpaired) electrons. The van der Waals surface area contributed by atoms with Gasteiger partial charge in [0.25, 0.3) is 0 Å². The summed E-state index contributed by atoms with van der Waals surface area (Å²) in [5, 5.41) is 22.0. The van der Waals surface area contributed by atoms with Gasteiger partial charge in [0, 0.05) is 43.6 Å². The fourth-order valence-corrected chi connectivity index (χ4v) is 6.53. The van der Waals surface area contributed by atoms with E-state index in [1.807, 2.05) is 48.7 Å². The number of fused-ring (bicyclic) bond motifs is 2. The van der Waals surface area contributed by atoms with E-state index in [9.17, 15) is 10.2 Å². The molecule has 0 saturated heterocycles. The Labute approximate surface area is 240 Å². The molecule has 4 nitrogen and oxygen atoms in total. The van der Waals surface area contributed by atoms with Gasteiger partial charge in [-0.2, -0.15) is 0 Å². The van der Waals surface area contributed by atoms with Crippen LogP contribution in [-0.4, -0.2) is 32.0 Å². The van der Waals surface area contributed by atoms with Gasteiger partial charge in [0.05, 0.1) is 12.2 Å². The van der Waals surface area contributed by atoms with Gasteiger partial charge in [-0.05, 0) is 65.4 Å². The van der Waals surface area contributed by atoms with Crippen molar-refractivity contribution in [1.82, 2.24) is 9.55 Å². The van der Waals surface area contributed by atoms with Crippen LogP contribution in [0.3, 0.4) is 0 Å². The molecule has 0 spiro atoms. The summed E-state index contributed by atoms with van der Waals surface area (Å²) in [5.74, 6) is 0.606. The van der Waals surface area contributed by atoms with E-state index in [0.717, 1.165) is 40.8 Å². The van der Waals surface area contributed by atoms with Crippen LogP contribution in [0, 0.1) is 28.7 Å². The number of aliphatic hydroxyl groups excluding tert-OH is 2. The Kier molecular flexibility index (Phi) is 8.64. The quantitative estimate of drug-likeness (QED) is 0.222. The third-order valence-corrected chi connectivity index (χ3v) is 8.60. The molecule has 38 heavy (non-hydrogen) atoms. The van der Waals surface area contributed by atoms with Crippen molar-refractivity contribution in [2.45, 2.75) is 65.6 Å². The number of benzene rings is 2.